The number of fused-ring (bicyclic) bond motifs is 1. The van der Waals surface area contributed by atoms with E-state index in [0.29, 0.717) is 17.0 Å². The molecule has 2 unspecified atom stereocenters. The van der Waals surface area contributed by atoms with Crippen LogP contribution in [0.1, 0.15) is 42.4 Å². The summed E-state index contributed by atoms with van der Waals surface area (Å²) in [5.74, 6) is -0.268. The summed E-state index contributed by atoms with van der Waals surface area (Å²) in [6.07, 6.45) is 0.0361. The third-order valence-electron chi connectivity index (χ3n) is 3.92. The highest BCUT2D eigenvalue weighted by Gasteiger charge is 2.31. The van der Waals surface area contributed by atoms with Crippen molar-refractivity contribution >= 4 is 17.5 Å². The van der Waals surface area contributed by atoms with Crippen LogP contribution >= 0.6 is 0 Å². The maximum atomic E-state index is 13.3. The van der Waals surface area contributed by atoms with Gasteiger partial charge in [0.2, 0.25) is 11.8 Å². The summed E-state index contributed by atoms with van der Waals surface area (Å²) in [6.45, 7) is 3.64. The van der Waals surface area contributed by atoms with Gasteiger partial charge in [-0.25, -0.2) is 4.39 Å². The van der Waals surface area contributed by atoms with Crippen LogP contribution in [-0.2, 0) is 9.59 Å². The van der Waals surface area contributed by atoms with Gasteiger partial charge in [0.1, 0.15) is 17.3 Å². The zero-order chi connectivity index (χ0) is 16.6. The summed E-state index contributed by atoms with van der Waals surface area (Å²) >= 11 is 0. The lowest BCUT2D eigenvalue weighted by molar-refractivity contribution is -0.126. The van der Waals surface area contributed by atoms with Crippen LogP contribution in [-0.4, -0.2) is 11.8 Å². The summed E-state index contributed by atoms with van der Waals surface area (Å²) in [5.41, 5.74) is 0.967. The van der Waals surface area contributed by atoms with E-state index >= 15 is 0 Å². The molecule has 2 atom stereocenters. The fraction of sp³-hybridized carbons (Fsp3) is 0.294. The number of hydrogen-bond donors (Lipinski definition) is 2. The van der Waals surface area contributed by atoms with E-state index in [0.717, 1.165) is 5.76 Å². The number of carbonyl (C=O) groups excluding carboxylic acids is 2. The first kappa shape index (κ1) is 15.3. The van der Waals surface area contributed by atoms with Gasteiger partial charge in [0.15, 0.2) is 0 Å². The van der Waals surface area contributed by atoms with Crippen molar-refractivity contribution in [2.24, 2.45) is 0 Å². The smallest absolute Gasteiger partial charge is 0.228 e. The van der Waals surface area contributed by atoms with E-state index in [9.17, 15) is 14.0 Å². The molecule has 5 nitrogen and oxygen atoms in total. The number of carbonyl (C=O) groups is 2. The van der Waals surface area contributed by atoms with Crippen LogP contribution in [0.4, 0.5) is 10.1 Å². The van der Waals surface area contributed by atoms with Gasteiger partial charge in [-0.05, 0) is 43.7 Å². The first-order valence-corrected chi connectivity index (χ1v) is 7.40. The number of nitrogens with one attached hydrogen (secondary N) is 2. The lowest BCUT2D eigenvalue weighted by Crippen LogP contribution is -2.36. The number of aryl methyl sites for hydroxylation is 1. The van der Waals surface area contributed by atoms with Gasteiger partial charge in [-0.15, -0.1) is 0 Å². The van der Waals surface area contributed by atoms with Crippen molar-refractivity contribution < 1.29 is 18.4 Å². The molecule has 2 N–H and O–H groups in total. The zero-order valence-electron chi connectivity index (χ0n) is 12.9. The fourth-order valence-electron chi connectivity index (χ4n) is 2.74. The van der Waals surface area contributed by atoms with Crippen LogP contribution in [0, 0.1) is 12.7 Å². The average Bonchev–Trinajstić information content (AvgIpc) is 2.92. The summed E-state index contributed by atoms with van der Waals surface area (Å²) in [6, 6.07) is 7.37. The Kier molecular flexibility index (Phi) is 3.90. The summed E-state index contributed by atoms with van der Waals surface area (Å²) in [4.78, 5) is 24.3. The van der Waals surface area contributed by atoms with E-state index in [1.54, 1.807) is 6.07 Å². The molecule has 120 valence electrons. The second-order valence-electron chi connectivity index (χ2n) is 5.72. The van der Waals surface area contributed by atoms with Crippen LogP contribution < -0.4 is 10.6 Å². The molecule has 0 saturated heterocycles. The van der Waals surface area contributed by atoms with E-state index in [4.69, 9.17) is 4.42 Å². The van der Waals surface area contributed by atoms with Gasteiger partial charge in [-0.1, -0.05) is 6.07 Å². The van der Waals surface area contributed by atoms with Gasteiger partial charge in [-0.3, -0.25) is 9.59 Å². The molecule has 2 aromatic rings. The maximum Gasteiger partial charge on any atom is 0.228 e. The van der Waals surface area contributed by atoms with Crippen molar-refractivity contribution in [2.45, 2.75) is 32.2 Å². The van der Waals surface area contributed by atoms with Crippen molar-refractivity contribution in [1.82, 2.24) is 5.32 Å². The van der Waals surface area contributed by atoms with Crippen LogP contribution in [0.5, 0.6) is 0 Å². The monoisotopic (exact) mass is 316 g/mol. The Morgan fingerprint density at radius 2 is 2.17 bits per heavy atom. The van der Waals surface area contributed by atoms with Gasteiger partial charge in [-0.2, -0.15) is 0 Å². The summed E-state index contributed by atoms with van der Waals surface area (Å²) in [7, 11) is 0. The third kappa shape index (κ3) is 3.11. The molecule has 1 aliphatic heterocycles. The average molecular weight is 316 g/mol. The normalized spacial score (nSPS) is 18.0. The molecule has 1 aromatic carbocycles. The fourth-order valence-corrected chi connectivity index (χ4v) is 2.74. The SMILES string of the molecule is Cc1ccc(C(C)NC(=O)C2CC(=O)Nc3cc(F)ccc32)o1. The van der Waals surface area contributed by atoms with E-state index in [-0.39, 0.29) is 24.3 Å². The van der Waals surface area contributed by atoms with Crippen molar-refractivity contribution in [3.63, 3.8) is 0 Å². The number of benzene rings is 1. The molecule has 23 heavy (non-hydrogen) atoms. The molecule has 0 spiro atoms. The lowest BCUT2D eigenvalue weighted by atomic mass is 9.89. The van der Waals surface area contributed by atoms with Gasteiger partial charge < -0.3 is 15.1 Å². The Bertz CT molecular complexity index is 769. The quantitative estimate of drug-likeness (QED) is 0.914. The number of hydrogen-bond acceptors (Lipinski definition) is 3. The third-order valence-corrected chi connectivity index (χ3v) is 3.92. The van der Waals surface area contributed by atoms with Crippen molar-refractivity contribution in [3.8, 4) is 0 Å². The van der Waals surface area contributed by atoms with Crippen molar-refractivity contribution in [1.29, 1.82) is 0 Å². The van der Waals surface area contributed by atoms with Gasteiger partial charge in [0.25, 0.3) is 0 Å². The minimum atomic E-state index is -0.641. The largest absolute Gasteiger partial charge is 0.464 e. The molecule has 2 amide bonds. The molecule has 0 aliphatic carbocycles. The zero-order valence-corrected chi connectivity index (χ0v) is 12.9. The van der Waals surface area contributed by atoms with E-state index in [2.05, 4.69) is 10.6 Å². The molecule has 6 heteroatoms. The topological polar surface area (TPSA) is 71.3 Å². The Morgan fingerprint density at radius 3 is 2.87 bits per heavy atom. The van der Waals surface area contributed by atoms with Gasteiger partial charge in [0, 0.05) is 12.1 Å². The van der Waals surface area contributed by atoms with Crippen molar-refractivity contribution in [3.05, 3.63) is 53.2 Å². The molecular weight excluding hydrogens is 299 g/mol. The summed E-state index contributed by atoms with van der Waals surface area (Å²) in [5, 5.41) is 5.45. The summed E-state index contributed by atoms with van der Waals surface area (Å²) < 4.78 is 18.8. The molecule has 1 aliphatic rings. The second kappa shape index (κ2) is 5.87. The van der Waals surface area contributed by atoms with Crippen LogP contribution in [0.15, 0.2) is 34.7 Å². The lowest BCUT2D eigenvalue weighted by Gasteiger charge is -2.26. The van der Waals surface area contributed by atoms with E-state index in [1.807, 2.05) is 19.9 Å². The van der Waals surface area contributed by atoms with E-state index < -0.39 is 11.7 Å². The van der Waals surface area contributed by atoms with E-state index in [1.165, 1.54) is 18.2 Å². The van der Waals surface area contributed by atoms with Crippen LogP contribution in [0.2, 0.25) is 0 Å². The Morgan fingerprint density at radius 1 is 1.39 bits per heavy atom. The second-order valence-corrected chi connectivity index (χ2v) is 5.72. The molecule has 0 fully saturated rings. The predicted molar refractivity (Wildman–Crippen MR) is 82.4 cm³/mol. The molecule has 0 radical (unpaired) electrons. The number of furan rings is 1. The highest BCUT2D eigenvalue weighted by atomic mass is 19.1. The van der Waals surface area contributed by atoms with Gasteiger partial charge >= 0.3 is 0 Å². The Labute approximate surface area is 132 Å². The minimum absolute atomic E-state index is 0.0361. The number of amides is 2. The molecule has 1 aromatic heterocycles. The number of rotatable bonds is 3. The van der Waals surface area contributed by atoms with Crippen LogP contribution in [0.3, 0.4) is 0 Å². The predicted octanol–water partition coefficient (Wildman–Crippen LogP) is 3.03. The number of halogens is 1. The standard InChI is InChI=1S/C17H17FN2O3/c1-9-3-6-15(23-9)10(2)19-17(22)13-8-16(21)20-14-7-11(18)4-5-12(13)14/h3-7,10,13H,8H2,1-2H3,(H,19,22)(H,20,21). The maximum absolute atomic E-state index is 13.3. The highest BCUT2D eigenvalue weighted by Crippen LogP contribution is 2.33. The molecule has 2 heterocycles. The number of anilines is 1. The Balaban J connectivity index is 1.81. The Hall–Kier alpha value is -2.63. The first-order valence-electron chi connectivity index (χ1n) is 7.40. The first-order chi connectivity index (χ1) is 10.9. The molecule has 0 saturated carbocycles. The molecule has 0 bridgehead atoms. The van der Waals surface area contributed by atoms with Crippen molar-refractivity contribution in [2.75, 3.05) is 5.32 Å². The minimum Gasteiger partial charge on any atom is -0.464 e. The van der Waals surface area contributed by atoms with Gasteiger partial charge in [0.05, 0.1) is 12.0 Å². The molecular formula is C17H17FN2O3. The highest BCUT2D eigenvalue weighted by molar-refractivity contribution is 6.01. The van der Waals surface area contributed by atoms with Crippen LogP contribution in [0.25, 0.3) is 0 Å². The molecule has 3 rings (SSSR count).